The van der Waals surface area contributed by atoms with E-state index in [1.54, 1.807) is 0 Å². The van der Waals surface area contributed by atoms with Gasteiger partial charge in [-0.15, -0.1) is 0 Å². The zero-order valence-corrected chi connectivity index (χ0v) is 10.5. The molecule has 4 aliphatic heterocycles. The molecule has 0 saturated carbocycles. The second-order valence-electron chi connectivity index (χ2n) is 6.14. The quantitative estimate of drug-likeness (QED) is 0.726. The number of rotatable bonds is 1. The molecule has 0 aromatic rings. The molecule has 2 unspecified atom stereocenters. The summed E-state index contributed by atoms with van der Waals surface area (Å²) >= 11 is 0. The number of hydrogen-bond donors (Lipinski definition) is 1. The molecule has 4 fully saturated rings. The summed E-state index contributed by atoms with van der Waals surface area (Å²) in [5, 5.41) is 3.73. The van der Waals surface area contributed by atoms with E-state index in [0.29, 0.717) is 5.92 Å². The molecule has 0 aromatic heterocycles. The third-order valence-electron chi connectivity index (χ3n) is 4.87. The first-order valence-electron chi connectivity index (χ1n) is 6.81. The first kappa shape index (κ1) is 11.0. The SMILES string of the molecule is CC(C)C1CNC2(CN3CCC2CC3)OC1. The molecule has 16 heavy (non-hydrogen) atoms. The van der Waals surface area contributed by atoms with Crippen LogP contribution in [0.4, 0.5) is 0 Å². The fraction of sp³-hybridized carbons (Fsp3) is 1.00. The van der Waals surface area contributed by atoms with E-state index in [9.17, 15) is 0 Å². The molecule has 3 heteroatoms. The summed E-state index contributed by atoms with van der Waals surface area (Å²) in [6.45, 7) is 10.4. The molecule has 0 amide bonds. The van der Waals surface area contributed by atoms with Gasteiger partial charge in [-0.1, -0.05) is 13.8 Å². The Bertz CT molecular complexity index is 251. The van der Waals surface area contributed by atoms with E-state index in [2.05, 4.69) is 24.1 Å². The number of piperidine rings is 3. The largest absolute Gasteiger partial charge is 0.359 e. The fourth-order valence-corrected chi connectivity index (χ4v) is 3.48. The number of nitrogens with one attached hydrogen (secondary N) is 1. The summed E-state index contributed by atoms with van der Waals surface area (Å²) in [6, 6.07) is 0. The molecule has 0 aromatic carbocycles. The number of nitrogens with zero attached hydrogens (tertiary/aromatic N) is 1. The Kier molecular flexibility index (Phi) is 2.73. The van der Waals surface area contributed by atoms with Crippen LogP contribution in [0.2, 0.25) is 0 Å². The predicted octanol–water partition coefficient (Wildman–Crippen LogP) is 1.30. The van der Waals surface area contributed by atoms with Crippen molar-refractivity contribution in [2.75, 3.05) is 32.8 Å². The third-order valence-corrected chi connectivity index (χ3v) is 4.87. The number of ether oxygens (including phenoxy) is 1. The maximum atomic E-state index is 6.26. The minimum Gasteiger partial charge on any atom is -0.359 e. The summed E-state index contributed by atoms with van der Waals surface area (Å²) in [7, 11) is 0. The van der Waals surface area contributed by atoms with Crippen LogP contribution >= 0.6 is 0 Å². The minimum absolute atomic E-state index is 0.0158. The molecule has 4 rings (SSSR count). The van der Waals surface area contributed by atoms with E-state index >= 15 is 0 Å². The monoisotopic (exact) mass is 224 g/mol. The molecule has 2 atom stereocenters. The Morgan fingerprint density at radius 1 is 1.31 bits per heavy atom. The van der Waals surface area contributed by atoms with Gasteiger partial charge in [-0.2, -0.15) is 0 Å². The van der Waals surface area contributed by atoms with Crippen LogP contribution in [0, 0.1) is 17.8 Å². The fourth-order valence-electron chi connectivity index (χ4n) is 3.48. The Hall–Kier alpha value is -0.120. The molecule has 1 N–H and O–H groups in total. The highest BCUT2D eigenvalue weighted by Crippen LogP contribution is 2.38. The molecule has 2 bridgehead atoms. The highest BCUT2D eigenvalue weighted by Gasteiger charge is 2.49. The van der Waals surface area contributed by atoms with E-state index in [1.165, 1.54) is 25.9 Å². The van der Waals surface area contributed by atoms with Crippen molar-refractivity contribution >= 4 is 0 Å². The van der Waals surface area contributed by atoms with Crippen LogP contribution in [0.3, 0.4) is 0 Å². The van der Waals surface area contributed by atoms with Gasteiger partial charge in [-0.05, 0) is 37.8 Å². The highest BCUT2D eigenvalue weighted by molar-refractivity contribution is 5.00. The van der Waals surface area contributed by atoms with E-state index in [0.717, 1.165) is 31.5 Å². The Balaban J connectivity index is 1.68. The van der Waals surface area contributed by atoms with E-state index in [1.807, 2.05) is 0 Å². The maximum absolute atomic E-state index is 6.26. The Labute approximate surface area is 98.5 Å². The molecule has 1 spiro atoms. The summed E-state index contributed by atoms with van der Waals surface area (Å²) in [6.07, 6.45) is 2.64. The van der Waals surface area contributed by atoms with E-state index < -0.39 is 0 Å². The van der Waals surface area contributed by atoms with E-state index in [4.69, 9.17) is 4.74 Å². The summed E-state index contributed by atoms with van der Waals surface area (Å²) < 4.78 is 6.26. The first-order chi connectivity index (χ1) is 7.70. The average molecular weight is 224 g/mol. The van der Waals surface area contributed by atoms with Gasteiger partial charge in [-0.3, -0.25) is 10.2 Å². The van der Waals surface area contributed by atoms with Gasteiger partial charge in [0.1, 0.15) is 5.72 Å². The van der Waals surface area contributed by atoms with Gasteiger partial charge in [0.15, 0.2) is 0 Å². The van der Waals surface area contributed by atoms with Crippen LogP contribution < -0.4 is 5.32 Å². The minimum atomic E-state index is 0.0158. The topological polar surface area (TPSA) is 24.5 Å². The smallest absolute Gasteiger partial charge is 0.134 e. The molecule has 4 saturated heterocycles. The van der Waals surface area contributed by atoms with Gasteiger partial charge in [0.05, 0.1) is 6.61 Å². The van der Waals surface area contributed by atoms with Crippen molar-refractivity contribution < 1.29 is 4.74 Å². The normalized spacial score (nSPS) is 47.8. The van der Waals surface area contributed by atoms with Gasteiger partial charge < -0.3 is 4.74 Å². The van der Waals surface area contributed by atoms with Crippen LogP contribution in [0.15, 0.2) is 0 Å². The zero-order valence-electron chi connectivity index (χ0n) is 10.5. The lowest BCUT2D eigenvalue weighted by Gasteiger charge is -2.55. The summed E-state index contributed by atoms with van der Waals surface area (Å²) in [5.74, 6) is 2.18. The number of fused-ring (bicyclic) bond motifs is 2. The molecular formula is C13H24N2O. The van der Waals surface area contributed by atoms with Gasteiger partial charge in [-0.25, -0.2) is 0 Å². The molecule has 0 radical (unpaired) electrons. The van der Waals surface area contributed by atoms with Gasteiger partial charge in [0.25, 0.3) is 0 Å². The Morgan fingerprint density at radius 3 is 2.50 bits per heavy atom. The van der Waals surface area contributed by atoms with Crippen molar-refractivity contribution in [3.63, 3.8) is 0 Å². The summed E-state index contributed by atoms with van der Waals surface area (Å²) in [4.78, 5) is 2.56. The lowest BCUT2D eigenvalue weighted by Crippen LogP contribution is -2.70. The molecule has 92 valence electrons. The van der Waals surface area contributed by atoms with Crippen LogP contribution in [-0.4, -0.2) is 43.4 Å². The van der Waals surface area contributed by atoms with Gasteiger partial charge in [0.2, 0.25) is 0 Å². The van der Waals surface area contributed by atoms with Crippen molar-refractivity contribution in [3.8, 4) is 0 Å². The van der Waals surface area contributed by atoms with Crippen LogP contribution in [0.1, 0.15) is 26.7 Å². The van der Waals surface area contributed by atoms with Crippen molar-refractivity contribution in [2.24, 2.45) is 17.8 Å². The standard InChI is InChI=1S/C13H24N2O/c1-10(2)11-7-14-13(16-8-11)9-15-5-3-12(13)4-6-15/h10-12,14H,3-9H2,1-2H3. The van der Waals surface area contributed by atoms with Crippen LogP contribution in [0.5, 0.6) is 0 Å². The Morgan fingerprint density at radius 2 is 2.06 bits per heavy atom. The van der Waals surface area contributed by atoms with E-state index in [-0.39, 0.29) is 5.72 Å². The second kappa shape index (κ2) is 3.97. The lowest BCUT2D eigenvalue weighted by molar-refractivity contribution is -0.202. The molecular weight excluding hydrogens is 200 g/mol. The molecule has 0 aliphatic carbocycles. The first-order valence-corrected chi connectivity index (χ1v) is 6.81. The molecule has 4 aliphatic rings. The highest BCUT2D eigenvalue weighted by atomic mass is 16.5. The number of hydrogen-bond acceptors (Lipinski definition) is 3. The van der Waals surface area contributed by atoms with Gasteiger partial charge >= 0.3 is 0 Å². The van der Waals surface area contributed by atoms with Crippen molar-refractivity contribution in [1.82, 2.24) is 10.2 Å². The summed E-state index contributed by atoms with van der Waals surface area (Å²) in [5.41, 5.74) is 0.0158. The van der Waals surface area contributed by atoms with Crippen molar-refractivity contribution in [1.29, 1.82) is 0 Å². The third kappa shape index (κ3) is 1.69. The van der Waals surface area contributed by atoms with Gasteiger partial charge in [0, 0.05) is 19.0 Å². The zero-order chi connectivity index (χ0) is 11.2. The maximum Gasteiger partial charge on any atom is 0.134 e. The average Bonchev–Trinajstić information content (AvgIpc) is 2.31. The molecule has 3 nitrogen and oxygen atoms in total. The van der Waals surface area contributed by atoms with Crippen LogP contribution in [0.25, 0.3) is 0 Å². The molecule has 4 heterocycles. The lowest BCUT2D eigenvalue weighted by atomic mass is 9.79. The van der Waals surface area contributed by atoms with Crippen molar-refractivity contribution in [2.45, 2.75) is 32.4 Å². The second-order valence-corrected chi connectivity index (χ2v) is 6.14. The predicted molar refractivity (Wildman–Crippen MR) is 64.2 cm³/mol. The van der Waals surface area contributed by atoms with Crippen LogP contribution in [-0.2, 0) is 4.74 Å². The van der Waals surface area contributed by atoms with Crippen molar-refractivity contribution in [3.05, 3.63) is 0 Å².